The van der Waals surface area contributed by atoms with Crippen LogP contribution in [0.15, 0.2) is 42.6 Å². The number of piperidine rings is 1. The quantitative estimate of drug-likeness (QED) is 0.571. The second-order valence-corrected chi connectivity index (χ2v) is 8.44. The summed E-state index contributed by atoms with van der Waals surface area (Å²) in [7, 11) is 1.97. The minimum atomic E-state index is -0.161. The van der Waals surface area contributed by atoms with E-state index < -0.39 is 0 Å². The molecule has 4 rings (SSSR count). The Bertz CT molecular complexity index is 1140. The SMILES string of the molecule is CCOC(=O)C1CCN(C(=O)c2cc(-c3cccn3C)nn2-c2ccc(C)cc2C)CC1. The van der Waals surface area contributed by atoms with E-state index in [9.17, 15) is 9.59 Å². The lowest BCUT2D eigenvalue weighted by molar-refractivity contribution is -0.149. The molecular formula is C25H30N4O3. The molecule has 0 atom stereocenters. The van der Waals surface area contributed by atoms with E-state index in [2.05, 4.69) is 13.0 Å². The first-order valence-electron chi connectivity index (χ1n) is 11.1. The maximum atomic E-state index is 13.6. The van der Waals surface area contributed by atoms with Crippen LogP contribution in [0.3, 0.4) is 0 Å². The zero-order valence-corrected chi connectivity index (χ0v) is 19.2. The Morgan fingerprint density at radius 1 is 1.12 bits per heavy atom. The highest BCUT2D eigenvalue weighted by Crippen LogP contribution is 2.27. The third kappa shape index (κ3) is 4.20. The Morgan fingerprint density at radius 2 is 1.88 bits per heavy atom. The van der Waals surface area contributed by atoms with Crippen molar-refractivity contribution in [2.75, 3.05) is 19.7 Å². The molecule has 7 nitrogen and oxygen atoms in total. The van der Waals surface area contributed by atoms with Gasteiger partial charge in [-0.25, -0.2) is 4.68 Å². The van der Waals surface area contributed by atoms with Gasteiger partial charge in [0.2, 0.25) is 0 Å². The second-order valence-electron chi connectivity index (χ2n) is 8.44. The highest BCUT2D eigenvalue weighted by molar-refractivity contribution is 5.94. The summed E-state index contributed by atoms with van der Waals surface area (Å²) in [5.74, 6) is -0.367. The van der Waals surface area contributed by atoms with Gasteiger partial charge in [-0.05, 0) is 63.4 Å². The predicted molar refractivity (Wildman–Crippen MR) is 123 cm³/mol. The Morgan fingerprint density at radius 3 is 2.50 bits per heavy atom. The lowest BCUT2D eigenvalue weighted by atomic mass is 9.97. The fourth-order valence-electron chi connectivity index (χ4n) is 4.35. The molecule has 0 saturated carbocycles. The number of hydrogen-bond donors (Lipinski definition) is 0. The molecule has 1 aliphatic rings. The molecule has 0 aliphatic carbocycles. The number of amides is 1. The molecule has 0 spiro atoms. The van der Waals surface area contributed by atoms with Crippen molar-refractivity contribution in [3.05, 3.63) is 59.4 Å². The minimum Gasteiger partial charge on any atom is -0.466 e. The van der Waals surface area contributed by atoms with Gasteiger partial charge in [0.15, 0.2) is 0 Å². The Hall–Kier alpha value is -3.35. The molecule has 7 heteroatoms. The van der Waals surface area contributed by atoms with Crippen LogP contribution in [-0.4, -0.2) is 50.8 Å². The van der Waals surface area contributed by atoms with Gasteiger partial charge in [-0.1, -0.05) is 17.7 Å². The second kappa shape index (κ2) is 9.02. The van der Waals surface area contributed by atoms with Gasteiger partial charge in [0, 0.05) is 26.3 Å². The summed E-state index contributed by atoms with van der Waals surface area (Å²) in [6.07, 6.45) is 3.20. The van der Waals surface area contributed by atoms with Crippen molar-refractivity contribution >= 4 is 11.9 Å². The largest absolute Gasteiger partial charge is 0.466 e. The first-order valence-corrected chi connectivity index (χ1v) is 11.1. The molecule has 1 fully saturated rings. The lowest BCUT2D eigenvalue weighted by Crippen LogP contribution is -2.41. The van der Waals surface area contributed by atoms with Crippen LogP contribution in [-0.2, 0) is 16.6 Å². The average molecular weight is 435 g/mol. The van der Waals surface area contributed by atoms with Crippen molar-refractivity contribution in [1.82, 2.24) is 19.2 Å². The topological polar surface area (TPSA) is 69.4 Å². The number of likely N-dealkylation sites (tertiary alicyclic amines) is 1. The summed E-state index contributed by atoms with van der Waals surface area (Å²) in [5, 5.41) is 4.83. The number of benzene rings is 1. The van der Waals surface area contributed by atoms with Crippen molar-refractivity contribution in [2.45, 2.75) is 33.6 Å². The monoisotopic (exact) mass is 434 g/mol. The van der Waals surface area contributed by atoms with Gasteiger partial charge in [-0.3, -0.25) is 9.59 Å². The molecule has 0 radical (unpaired) electrons. The zero-order chi connectivity index (χ0) is 22.8. The standard InChI is InChI=1S/C25H30N4O3/c1-5-32-25(31)19-10-13-28(14-11-19)24(30)23-16-20(22-7-6-12-27(22)4)26-29(23)21-9-8-17(2)15-18(21)3/h6-9,12,15-16,19H,5,10-11,13-14H2,1-4H3. The molecule has 3 heterocycles. The summed E-state index contributed by atoms with van der Waals surface area (Å²) in [6.45, 7) is 7.34. The number of aryl methyl sites for hydroxylation is 3. The van der Waals surface area contributed by atoms with Crippen molar-refractivity contribution in [2.24, 2.45) is 13.0 Å². The number of esters is 1. The van der Waals surface area contributed by atoms with Crippen molar-refractivity contribution < 1.29 is 14.3 Å². The molecule has 0 N–H and O–H groups in total. The van der Waals surface area contributed by atoms with E-state index in [0.717, 1.165) is 28.2 Å². The summed E-state index contributed by atoms with van der Waals surface area (Å²) < 4.78 is 8.91. The first-order chi connectivity index (χ1) is 15.4. The van der Waals surface area contributed by atoms with Crippen molar-refractivity contribution in [1.29, 1.82) is 0 Å². The van der Waals surface area contributed by atoms with Gasteiger partial charge in [-0.2, -0.15) is 5.10 Å². The predicted octanol–water partition coefficient (Wildman–Crippen LogP) is 3.91. The van der Waals surface area contributed by atoms with Gasteiger partial charge in [0.25, 0.3) is 5.91 Å². The number of rotatable bonds is 5. The van der Waals surface area contributed by atoms with Crippen LogP contribution in [0.2, 0.25) is 0 Å². The maximum absolute atomic E-state index is 13.6. The van der Waals surface area contributed by atoms with E-state index in [0.29, 0.717) is 38.2 Å². The minimum absolute atomic E-state index is 0.0692. The summed E-state index contributed by atoms with van der Waals surface area (Å²) in [4.78, 5) is 27.5. The van der Waals surface area contributed by atoms with Crippen LogP contribution in [0.1, 0.15) is 41.4 Å². The van der Waals surface area contributed by atoms with Crippen LogP contribution in [0.5, 0.6) is 0 Å². The normalized spacial score (nSPS) is 14.6. The lowest BCUT2D eigenvalue weighted by Gasteiger charge is -2.31. The van der Waals surface area contributed by atoms with Gasteiger partial charge in [-0.15, -0.1) is 0 Å². The third-order valence-corrected chi connectivity index (χ3v) is 6.12. The van der Waals surface area contributed by atoms with Crippen LogP contribution < -0.4 is 0 Å². The van der Waals surface area contributed by atoms with Gasteiger partial charge < -0.3 is 14.2 Å². The smallest absolute Gasteiger partial charge is 0.309 e. The molecule has 1 aromatic carbocycles. The first kappa shape index (κ1) is 21.9. The Labute approximate surface area is 188 Å². The number of ether oxygens (including phenoxy) is 1. The molecule has 1 saturated heterocycles. The number of carbonyl (C=O) groups is 2. The average Bonchev–Trinajstić information content (AvgIpc) is 3.40. The molecule has 0 bridgehead atoms. The summed E-state index contributed by atoms with van der Waals surface area (Å²) in [5.41, 5.74) is 5.34. The number of nitrogens with zero attached hydrogens (tertiary/aromatic N) is 4. The molecule has 32 heavy (non-hydrogen) atoms. The molecule has 3 aromatic rings. The van der Waals surface area contributed by atoms with E-state index in [1.54, 1.807) is 4.68 Å². The molecule has 168 valence electrons. The van der Waals surface area contributed by atoms with E-state index in [-0.39, 0.29) is 17.8 Å². The number of aromatic nitrogens is 3. The van der Waals surface area contributed by atoms with E-state index >= 15 is 0 Å². The van der Waals surface area contributed by atoms with Crippen LogP contribution >= 0.6 is 0 Å². The molecule has 2 aromatic heterocycles. The van der Waals surface area contributed by atoms with Gasteiger partial charge >= 0.3 is 5.97 Å². The third-order valence-electron chi connectivity index (χ3n) is 6.12. The molecule has 1 amide bonds. The van der Waals surface area contributed by atoms with Crippen LogP contribution in [0.4, 0.5) is 0 Å². The van der Waals surface area contributed by atoms with Crippen LogP contribution in [0.25, 0.3) is 17.1 Å². The van der Waals surface area contributed by atoms with Crippen molar-refractivity contribution in [3.8, 4) is 17.1 Å². The van der Waals surface area contributed by atoms with Crippen molar-refractivity contribution in [3.63, 3.8) is 0 Å². The fourth-order valence-corrected chi connectivity index (χ4v) is 4.35. The molecular weight excluding hydrogens is 404 g/mol. The summed E-state index contributed by atoms with van der Waals surface area (Å²) in [6, 6.07) is 12.0. The highest BCUT2D eigenvalue weighted by atomic mass is 16.5. The fraction of sp³-hybridized carbons (Fsp3) is 0.400. The summed E-state index contributed by atoms with van der Waals surface area (Å²) >= 11 is 0. The van der Waals surface area contributed by atoms with E-state index in [1.165, 1.54) is 0 Å². The maximum Gasteiger partial charge on any atom is 0.309 e. The Kier molecular flexibility index (Phi) is 6.17. The van der Waals surface area contributed by atoms with Crippen LogP contribution in [0, 0.1) is 19.8 Å². The molecule has 1 aliphatic heterocycles. The van der Waals surface area contributed by atoms with E-state index in [1.807, 2.05) is 66.9 Å². The molecule has 0 unspecified atom stereocenters. The highest BCUT2D eigenvalue weighted by Gasteiger charge is 2.31. The van der Waals surface area contributed by atoms with E-state index in [4.69, 9.17) is 9.84 Å². The number of carbonyl (C=O) groups excluding carboxylic acids is 2. The number of hydrogen-bond acceptors (Lipinski definition) is 4. The van der Waals surface area contributed by atoms with Gasteiger partial charge in [0.1, 0.15) is 11.4 Å². The Balaban J connectivity index is 1.67. The van der Waals surface area contributed by atoms with Gasteiger partial charge in [0.05, 0.1) is 23.9 Å². The zero-order valence-electron chi connectivity index (χ0n) is 19.2.